The fourth-order valence-corrected chi connectivity index (χ4v) is 1.91. The summed E-state index contributed by atoms with van der Waals surface area (Å²) in [5.74, 6) is -0.552. The van der Waals surface area contributed by atoms with Crippen LogP contribution in [0.5, 0.6) is 0 Å². The lowest BCUT2D eigenvalue weighted by atomic mass is 10.0. The summed E-state index contributed by atoms with van der Waals surface area (Å²) >= 11 is 0. The second-order valence-corrected chi connectivity index (χ2v) is 5.56. The molecule has 0 fully saturated rings. The molecule has 1 atom stereocenters. The summed E-state index contributed by atoms with van der Waals surface area (Å²) in [6.07, 6.45) is 1.13. The molecule has 0 radical (unpaired) electrons. The van der Waals surface area contributed by atoms with E-state index >= 15 is 0 Å². The molecular formula is C16H23NO3. The molecule has 1 unspecified atom stereocenters. The number of hydrogen-bond donors (Lipinski definition) is 2. The number of carbonyl (C=O) groups excluding carboxylic acids is 1. The number of nitrogens with one attached hydrogen (secondary N) is 1. The van der Waals surface area contributed by atoms with Gasteiger partial charge in [-0.15, -0.1) is 0 Å². The van der Waals surface area contributed by atoms with Crippen molar-refractivity contribution in [3.63, 3.8) is 0 Å². The van der Waals surface area contributed by atoms with E-state index in [1.165, 1.54) is 0 Å². The smallest absolute Gasteiger partial charge is 0.305 e. The van der Waals surface area contributed by atoms with Crippen LogP contribution in [0, 0.1) is 12.8 Å². The molecule has 0 aliphatic heterocycles. The molecule has 4 nitrogen and oxygen atoms in total. The topological polar surface area (TPSA) is 66.4 Å². The third-order valence-electron chi connectivity index (χ3n) is 3.14. The fraction of sp³-hybridized carbons (Fsp3) is 0.500. The first-order valence-electron chi connectivity index (χ1n) is 6.96. The van der Waals surface area contributed by atoms with Gasteiger partial charge in [0.2, 0.25) is 5.91 Å². The summed E-state index contributed by atoms with van der Waals surface area (Å²) in [5.41, 5.74) is 1.94. The summed E-state index contributed by atoms with van der Waals surface area (Å²) < 4.78 is 0. The first kappa shape index (κ1) is 16.2. The predicted molar refractivity (Wildman–Crippen MR) is 78.4 cm³/mol. The number of aliphatic carboxylic acids is 1. The highest BCUT2D eigenvalue weighted by Crippen LogP contribution is 2.18. The Morgan fingerprint density at radius 3 is 2.30 bits per heavy atom. The molecular weight excluding hydrogens is 254 g/mol. The zero-order valence-corrected chi connectivity index (χ0v) is 12.3. The number of benzene rings is 1. The van der Waals surface area contributed by atoms with E-state index in [1.54, 1.807) is 0 Å². The van der Waals surface area contributed by atoms with Crippen LogP contribution in [0.25, 0.3) is 0 Å². The van der Waals surface area contributed by atoms with Gasteiger partial charge in [0.05, 0.1) is 12.5 Å². The van der Waals surface area contributed by atoms with Gasteiger partial charge in [-0.25, -0.2) is 0 Å². The first-order chi connectivity index (χ1) is 9.38. The average molecular weight is 277 g/mol. The highest BCUT2D eigenvalue weighted by atomic mass is 16.4. The number of aryl methyl sites for hydroxylation is 1. The maximum absolute atomic E-state index is 11.9. The van der Waals surface area contributed by atoms with Crippen molar-refractivity contribution in [2.45, 2.75) is 46.1 Å². The Morgan fingerprint density at radius 2 is 1.80 bits per heavy atom. The maximum atomic E-state index is 11.9. The van der Waals surface area contributed by atoms with Gasteiger partial charge in [-0.1, -0.05) is 43.7 Å². The van der Waals surface area contributed by atoms with Crippen molar-refractivity contribution in [1.29, 1.82) is 0 Å². The van der Waals surface area contributed by atoms with Gasteiger partial charge in [-0.05, 0) is 24.8 Å². The highest BCUT2D eigenvalue weighted by molar-refractivity contribution is 5.77. The molecule has 0 saturated carbocycles. The van der Waals surface area contributed by atoms with Gasteiger partial charge in [0.15, 0.2) is 0 Å². The van der Waals surface area contributed by atoms with Crippen LogP contribution in [0.15, 0.2) is 24.3 Å². The van der Waals surface area contributed by atoms with Crippen LogP contribution in [0.2, 0.25) is 0 Å². The predicted octanol–water partition coefficient (Wildman–Crippen LogP) is 3.06. The SMILES string of the molecule is Cc1ccc(C(CC(=O)O)NC(=O)CCC(C)C)cc1. The summed E-state index contributed by atoms with van der Waals surface area (Å²) in [7, 11) is 0. The molecule has 0 aromatic heterocycles. The monoisotopic (exact) mass is 277 g/mol. The van der Waals surface area contributed by atoms with Crippen LogP contribution in [0.3, 0.4) is 0 Å². The third-order valence-corrected chi connectivity index (χ3v) is 3.14. The van der Waals surface area contributed by atoms with E-state index in [0.717, 1.165) is 17.5 Å². The molecule has 1 aromatic carbocycles. The van der Waals surface area contributed by atoms with Gasteiger partial charge in [-0.2, -0.15) is 0 Å². The second kappa shape index (κ2) is 7.68. The molecule has 0 bridgehead atoms. The van der Waals surface area contributed by atoms with Gasteiger partial charge >= 0.3 is 5.97 Å². The van der Waals surface area contributed by atoms with Crippen LogP contribution < -0.4 is 5.32 Å². The van der Waals surface area contributed by atoms with Gasteiger partial charge in [0.25, 0.3) is 0 Å². The number of carboxylic acid groups (broad SMARTS) is 1. The molecule has 20 heavy (non-hydrogen) atoms. The van der Waals surface area contributed by atoms with Crippen molar-refractivity contribution in [2.75, 3.05) is 0 Å². The Morgan fingerprint density at radius 1 is 1.20 bits per heavy atom. The zero-order chi connectivity index (χ0) is 15.1. The third kappa shape index (κ3) is 5.87. The molecule has 110 valence electrons. The Kier molecular flexibility index (Phi) is 6.22. The van der Waals surface area contributed by atoms with Crippen molar-refractivity contribution in [2.24, 2.45) is 5.92 Å². The van der Waals surface area contributed by atoms with Gasteiger partial charge in [0, 0.05) is 6.42 Å². The lowest BCUT2D eigenvalue weighted by Crippen LogP contribution is -2.30. The molecule has 0 aliphatic rings. The minimum absolute atomic E-state index is 0.0921. The lowest BCUT2D eigenvalue weighted by Gasteiger charge is -2.18. The maximum Gasteiger partial charge on any atom is 0.305 e. The molecule has 1 aromatic rings. The molecule has 0 saturated heterocycles. The Bertz CT molecular complexity index is 451. The highest BCUT2D eigenvalue weighted by Gasteiger charge is 2.18. The van der Waals surface area contributed by atoms with Crippen molar-refractivity contribution in [3.05, 3.63) is 35.4 Å². The number of carbonyl (C=O) groups is 2. The largest absolute Gasteiger partial charge is 0.481 e. The standard InChI is InChI=1S/C16H23NO3/c1-11(2)4-9-15(18)17-14(10-16(19)20)13-7-5-12(3)6-8-13/h5-8,11,14H,4,9-10H2,1-3H3,(H,17,18)(H,19,20). The molecule has 4 heteroatoms. The zero-order valence-electron chi connectivity index (χ0n) is 12.3. The van der Waals surface area contributed by atoms with Gasteiger partial charge < -0.3 is 10.4 Å². The molecule has 0 aliphatic carbocycles. The minimum atomic E-state index is -0.917. The summed E-state index contributed by atoms with van der Waals surface area (Å²) in [6.45, 7) is 6.08. The van der Waals surface area contributed by atoms with E-state index in [0.29, 0.717) is 12.3 Å². The van der Waals surface area contributed by atoms with Gasteiger partial charge in [-0.3, -0.25) is 9.59 Å². The fourth-order valence-electron chi connectivity index (χ4n) is 1.91. The van der Waals surface area contributed by atoms with Crippen molar-refractivity contribution < 1.29 is 14.7 Å². The van der Waals surface area contributed by atoms with Crippen molar-refractivity contribution >= 4 is 11.9 Å². The van der Waals surface area contributed by atoms with E-state index < -0.39 is 12.0 Å². The summed E-state index contributed by atoms with van der Waals surface area (Å²) in [6, 6.07) is 7.11. The van der Waals surface area contributed by atoms with Crippen molar-refractivity contribution in [3.8, 4) is 0 Å². The van der Waals surface area contributed by atoms with Crippen molar-refractivity contribution in [1.82, 2.24) is 5.32 Å². The number of hydrogen-bond acceptors (Lipinski definition) is 2. The molecule has 2 N–H and O–H groups in total. The molecule has 1 amide bonds. The molecule has 0 heterocycles. The number of amides is 1. The van der Waals surface area contributed by atoms with Crippen LogP contribution in [0.1, 0.15) is 50.3 Å². The van der Waals surface area contributed by atoms with E-state index in [2.05, 4.69) is 19.2 Å². The van der Waals surface area contributed by atoms with E-state index in [1.807, 2.05) is 31.2 Å². The van der Waals surface area contributed by atoms with Crippen LogP contribution in [0.4, 0.5) is 0 Å². The minimum Gasteiger partial charge on any atom is -0.481 e. The molecule has 0 spiro atoms. The summed E-state index contributed by atoms with van der Waals surface area (Å²) in [4.78, 5) is 22.8. The second-order valence-electron chi connectivity index (χ2n) is 5.56. The average Bonchev–Trinajstić information content (AvgIpc) is 2.36. The quantitative estimate of drug-likeness (QED) is 0.805. The lowest BCUT2D eigenvalue weighted by molar-refractivity contribution is -0.137. The summed E-state index contributed by atoms with van der Waals surface area (Å²) in [5, 5.41) is 11.8. The van der Waals surface area contributed by atoms with E-state index in [4.69, 9.17) is 5.11 Å². The Hall–Kier alpha value is -1.84. The first-order valence-corrected chi connectivity index (χ1v) is 6.96. The van der Waals surface area contributed by atoms with Crippen LogP contribution >= 0.6 is 0 Å². The van der Waals surface area contributed by atoms with Crippen LogP contribution in [-0.2, 0) is 9.59 Å². The van der Waals surface area contributed by atoms with E-state index in [9.17, 15) is 9.59 Å². The van der Waals surface area contributed by atoms with Gasteiger partial charge in [0.1, 0.15) is 0 Å². The number of carboxylic acids is 1. The molecule has 1 rings (SSSR count). The Balaban J connectivity index is 2.71. The van der Waals surface area contributed by atoms with E-state index in [-0.39, 0.29) is 12.3 Å². The Labute approximate surface area is 120 Å². The van der Waals surface area contributed by atoms with Crippen LogP contribution in [-0.4, -0.2) is 17.0 Å². The number of rotatable bonds is 7. The normalized spacial score (nSPS) is 12.2.